The number of hydrogen-bond donors (Lipinski definition) is 0. The van der Waals surface area contributed by atoms with E-state index in [2.05, 4.69) is 4.90 Å². The van der Waals surface area contributed by atoms with Crippen LogP contribution in [0, 0.1) is 11.3 Å². The molecule has 2 aromatic rings. The fourth-order valence-corrected chi connectivity index (χ4v) is 3.18. The topological polar surface area (TPSA) is 73.6 Å². The van der Waals surface area contributed by atoms with Gasteiger partial charge in [0, 0.05) is 43.0 Å². The molecule has 3 rings (SSSR count). The summed E-state index contributed by atoms with van der Waals surface area (Å²) in [6.07, 6.45) is 2.85. The van der Waals surface area contributed by atoms with Crippen LogP contribution in [0.4, 0.5) is 5.69 Å². The van der Waals surface area contributed by atoms with Gasteiger partial charge in [0.05, 0.1) is 11.6 Å². The molecule has 7 heteroatoms. The summed E-state index contributed by atoms with van der Waals surface area (Å²) in [5.74, 6) is -0.795. The molecule has 0 aromatic heterocycles. The maximum atomic E-state index is 12.3. The van der Waals surface area contributed by atoms with Crippen molar-refractivity contribution in [3.63, 3.8) is 0 Å². The second kappa shape index (κ2) is 9.76. The highest BCUT2D eigenvalue weighted by Crippen LogP contribution is 2.20. The number of nitrogens with zero attached hydrogens (tertiary/aromatic N) is 3. The molecule has 0 unspecified atom stereocenters. The Hall–Kier alpha value is -3.30. The first-order chi connectivity index (χ1) is 14.0. The van der Waals surface area contributed by atoms with Crippen LogP contribution < -0.4 is 4.90 Å². The van der Waals surface area contributed by atoms with E-state index in [-0.39, 0.29) is 12.5 Å². The Kier molecular flexibility index (Phi) is 6.88. The zero-order valence-corrected chi connectivity index (χ0v) is 16.5. The van der Waals surface area contributed by atoms with Gasteiger partial charge < -0.3 is 14.5 Å². The van der Waals surface area contributed by atoms with Crippen molar-refractivity contribution >= 4 is 35.2 Å². The molecule has 2 aromatic carbocycles. The summed E-state index contributed by atoms with van der Waals surface area (Å²) in [6.45, 7) is 2.22. The molecule has 0 spiro atoms. The number of halogens is 1. The highest BCUT2D eigenvalue weighted by Gasteiger charge is 2.22. The zero-order valence-electron chi connectivity index (χ0n) is 15.8. The van der Waals surface area contributed by atoms with Gasteiger partial charge in [-0.2, -0.15) is 5.26 Å². The number of rotatable bonds is 5. The number of carbonyl (C=O) groups is 2. The van der Waals surface area contributed by atoms with Crippen LogP contribution in [0.5, 0.6) is 0 Å². The number of nitriles is 1. The quantitative estimate of drug-likeness (QED) is 0.560. The molecular formula is C22H20ClN3O3. The van der Waals surface area contributed by atoms with Gasteiger partial charge in [0.25, 0.3) is 5.91 Å². The highest BCUT2D eigenvalue weighted by atomic mass is 35.5. The fourth-order valence-electron chi connectivity index (χ4n) is 2.99. The lowest BCUT2D eigenvalue weighted by Gasteiger charge is -2.36. The van der Waals surface area contributed by atoms with E-state index in [0.29, 0.717) is 36.8 Å². The monoisotopic (exact) mass is 409 g/mol. The lowest BCUT2D eigenvalue weighted by molar-refractivity contribution is -0.148. The van der Waals surface area contributed by atoms with E-state index in [0.717, 1.165) is 11.3 Å². The van der Waals surface area contributed by atoms with Crippen LogP contribution >= 0.6 is 11.6 Å². The van der Waals surface area contributed by atoms with E-state index in [1.165, 1.54) is 6.08 Å². The maximum absolute atomic E-state index is 12.3. The van der Waals surface area contributed by atoms with Crippen LogP contribution in [0.2, 0.25) is 5.02 Å². The number of anilines is 1. The molecule has 0 N–H and O–H groups in total. The molecule has 1 heterocycles. The van der Waals surface area contributed by atoms with Crippen molar-refractivity contribution in [2.24, 2.45) is 0 Å². The van der Waals surface area contributed by atoms with Gasteiger partial charge in [-0.05, 0) is 42.0 Å². The predicted octanol–water partition coefficient (Wildman–Crippen LogP) is 3.12. The molecule has 1 amide bonds. The summed E-state index contributed by atoms with van der Waals surface area (Å²) in [6, 6.07) is 16.4. The van der Waals surface area contributed by atoms with E-state index in [1.54, 1.807) is 35.2 Å². The summed E-state index contributed by atoms with van der Waals surface area (Å²) >= 11 is 6.03. The lowest BCUT2D eigenvalue weighted by Crippen LogP contribution is -2.49. The predicted molar refractivity (Wildman–Crippen MR) is 111 cm³/mol. The SMILES string of the molecule is N#Cc1ccc(/C=C/C(=O)OCC(=O)N2CCN(c3cccc(Cl)c3)CC2)cc1. The van der Waals surface area contributed by atoms with Gasteiger partial charge in [-0.25, -0.2) is 4.79 Å². The van der Waals surface area contributed by atoms with Crippen LogP contribution in [0.3, 0.4) is 0 Å². The average Bonchev–Trinajstić information content (AvgIpc) is 2.76. The van der Waals surface area contributed by atoms with Crippen LogP contribution in [0.1, 0.15) is 11.1 Å². The fraction of sp³-hybridized carbons (Fsp3) is 0.227. The third kappa shape index (κ3) is 5.84. The molecule has 1 aliphatic rings. The van der Waals surface area contributed by atoms with E-state index in [1.807, 2.05) is 30.3 Å². The molecule has 29 heavy (non-hydrogen) atoms. The van der Waals surface area contributed by atoms with Crippen molar-refractivity contribution in [2.45, 2.75) is 0 Å². The standard InChI is InChI=1S/C22H20ClN3O3/c23-19-2-1-3-20(14-19)25-10-12-26(13-11-25)21(27)16-29-22(28)9-8-17-4-6-18(15-24)7-5-17/h1-9,14H,10-13,16H2/b9-8+. The molecule has 0 atom stereocenters. The Morgan fingerprint density at radius 3 is 2.48 bits per heavy atom. The molecule has 1 fully saturated rings. The molecule has 6 nitrogen and oxygen atoms in total. The van der Waals surface area contributed by atoms with E-state index in [9.17, 15) is 9.59 Å². The Bertz CT molecular complexity index is 943. The van der Waals surface area contributed by atoms with E-state index < -0.39 is 5.97 Å². The second-order valence-electron chi connectivity index (χ2n) is 6.52. The molecule has 0 saturated carbocycles. The molecular weight excluding hydrogens is 390 g/mol. The van der Waals surface area contributed by atoms with Crippen molar-refractivity contribution in [1.82, 2.24) is 4.90 Å². The first kappa shape index (κ1) is 20.4. The van der Waals surface area contributed by atoms with Gasteiger partial charge in [0.1, 0.15) is 0 Å². The van der Waals surface area contributed by atoms with E-state index in [4.69, 9.17) is 21.6 Å². The van der Waals surface area contributed by atoms with Crippen LogP contribution in [0.25, 0.3) is 6.08 Å². The summed E-state index contributed by atoms with van der Waals surface area (Å²) in [5, 5.41) is 9.46. The van der Waals surface area contributed by atoms with Crippen molar-refractivity contribution in [3.8, 4) is 6.07 Å². The van der Waals surface area contributed by atoms with Crippen LogP contribution in [0.15, 0.2) is 54.6 Å². The summed E-state index contributed by atoms with van der Waals surface area (Å²) in [4.78, 5) is 28.0. The Balaban J connectivity index is 1.43. The maximum Gasteiger partial charge on any atom is 0.331 e. The summed E-state index contributed by atoms with van der Waals surface area (Å²) in [7, 11) is 0. The van der Waals surface area contributed by atoms with Gasteiger partial charge in [0.15, 0.2) is 6.61 Å². The van der Waals surface area contributed by atoms with Crippen molar-refractivity contribution < 1.29 is 14.3 Å². The van der Waals surface area contributed by atoms with Crippen LogP contribution in [-0.4, -0.2) is 49.6 Å². The molecule has 0 aliphatic carbocycles. The van der Waals surface area contributed by atoms with Gasteiger partial charge in [-0.15, -0.1) is 0 Å². The number of esters is 1. The molecule has 148 valence electrons. The first-order valence-corrected chi connectivity index (χ1v) is 9.56. The molecule has 1 saturated heterocycles. The average molecular weight is 410 g/mol. The largest absolute Gasteiger partial charge is 0.452 e. The Labute approximate surface area is 174 Å². The van der Waals surface area contributed by atoms with Crippen molar-refractivity contribution in [3.05, 3.63) is 70.8 Å². The minimum atomic E-state index is -0.583. The van der Waals surface area contributed by atoms with Gasteiger partial charge in [-0.3, -0.25) is 4.79 Å². The van der Waals surface area contributed by atoms with Crippen molar-refractivity contribution in [2.75, 3.05) is 37.7 Å². The highest BCUT2D eigenvalue weighted by molar-refractivity contribution is 6.30. The minimum absolute atomic E-state index is 0.212. The number of piperazine rings is 1. The lowest BCUT2D eigenvalue weighted by atomic mass is 10.1. The first-order valence-electron chi connectivity index (χ1n) is 9.18. The van der Waals surface area contributed by atoms with Gasteiger partial charge in [0.2, 0.25) is 0 Å². The number of amides is 1. The van der Waals surface area contributed by atoms with E-state index >= 15 is 0 Å². The van der Waals surface area contributed by atoms with Gasteiger partial charge in [-0.1, -0.05) is 29.8 Å². The zero-order chi connectivity index (χ0) is 20.6. The normalized spacial score (nSPS) is 13.9. The van der Waals surface area contributed by atoms with Crippen molar-refractivity contribution in [1.29, 1.82) is 5.26 Å². The third-order valence-corrected chi connectivity index (χ3v) is 4.83. The second-order valence-corrected chi connectivity index (χ2v) is 6.96. The number of hydrogen-bond acceptors (Lipinski definition) is 5. The number of ether oxygens (including phenoxy) is 1. The molecule has 0 bridgehead atoms. The number of benzene rings is 2. The Morgan fingerprint density at radius 1 is 1.10 bits per heavy atom. The molecule has 1 aliphatic heterocycles. The summed E-state index contributed by atoms with van der Waals surface area (Å²) < 4.78 is 5.05. The summed E-state index contributed by atoms with van der Waals surface area (Å²) in [5.41, 5.74) is 2.35. The molecule has 0 radical (unpaired) electrons. The Morgan fingerprint density at radius 2 is 1.83 bits per heavy atom. The smallest absolute Gasteiger partial charge is 0.331 e. The number of carbonyl (C=O) groups excluding carboxylic acids is 2. The van der Waals surface area contributed by atoms with Gasteiger partial charge >= 0.3 is 5.97 Å². The third-order valence-electron chi connectivity index (χ3n) is 4.60. The van der Waals surface area contributed by atoms with Crippen LogP contribution in [-0.2, 0) is 14.3 Å². The minimum Gasteiger partial charge on any atom is -0.452 e.